The van der Waals surface area contributed by atoms with E-state index < -0.39 is 0 Å². The van der Waals surface area contributed by atoms with Crippen molar-refractivity contribution in [1.82, 2.24) is 4.98 Å². The summed E-state index contributed by atoms with van der Waals surface area (Å²) >= 11 is 0. The fraction of sp³-hybridized carbons (Fsp3) is 0.333. The van der Waals surface area contributed by atoms with Gasteiger partial charge in [0.2, 0.25) is 5.88 Å². The SMILES string of the molecule is CCOC(=O)CC=Cc1cnc(OC)c(N)c1. The second-order valence-corrected chi connectivity index (χ2v) is 3.28. The first-order valence-corrected chi connectivity index (χ1v) is 5.29. The lowest BCUT2D eigenvalue weighted by atomic mass is 10.2. The van der Waals surface area contributed by atoms with Crippen LogP contribution in [0.5, 0.6) is 5.88 Å². The molecule has 92 valence electrons. The molecule has 1 rings (SSSR count). The van der Waals surface area contributed by atoms with Crippen LogP contribution in [-0.4, -0.2) is 24.7 Å². The predicted octanol–water partition coefficient (Wildman–Crippen LogP) is 1.64. The molecule has 17 heavy (non-hydrogen) atoms. The number of carbonyl (C=O) groups excluding carboxylic acids is 1. The lowest BCUT2D eigenvalue weighted by Crippen LogP contribution is -2.01. The van der Waals surface area contributed by atoms with Crippen molar-refractivity contribution in [3.63, 3.8) is 0 Å². The molecule has 0 amide bonds. The number of esters is 1. The number of nitrogens with two attached hydrogens (primary N) is 1. The Morgan fingerprint density at radius 2 is 2.35 bits per heavy atom. The summed E-state index contributed by atoms with van der Waals surface area (Å²) in [7, 11) is 1.51. The number of methoxy groups -OCH3 is 1. The van der Waals surface area contributed by atoms with Crippen molar-refractivity contribution in [2.75, 3.05) is 19.5 Å². The van der Waals surface area contributed by atoms with E-state index in [4.69, 9.17) is 15.2 Å². The minimum Gasteiger partial charge on any atom is -0.480 e. The Kier molecular flexibility index (Phi) is 5.00. The zero-order valence-corrected chi connectivity index (χ0v) is 9.97. The first-order valence-electron chi connectivity index (χ1n) is 5.29. The van der Waals surface area contributed by atoms with Crippen LogP contribution in [0.1, 0.15) is 18.9 Å². The quantitative estimate of drug-likeness (QED) is 0.786. The number of carbonyl (C=O) groups is 1. The van der Waals surface area contributed by atoms with Crippen LogP contribution in [0.2, 0.25) is 0 Å². The van der Waals surface area contributed by atoms with Gasteiger partial charge in [-0.3, -0.25) is 4.79 Å². The third-order valence-electron chi connectivity index (χ3n) is 1.99. The molecule has 2 N–H and O–H groups in total. The molecule has 0 saturated carbocycles. The summed E-state index contributed by atoms with van der Waals surface area (Å²) in [4.78, 5) is 15.1. The Hall–Kier alpha value is -2.04. The molecule has 5 nitrogen and oxygen atoms in total. The lowest BCUT2D eigenvalue weighted by Gasteiger charge is -2.03. The minimum absolute atomic E-state index is 0.236. The number of aromatic nitrogens is 1. The fourth-order valence-corrected chi connectivity index (χ4v) is 1.26. The van der Waals surface area contributed by atoms with E-state index in [1.807, 2.05) is 0 Å². The number of nitrogen functional groups attached to an aromatic ring is 1. The third-order valence-corrected chi connectivity index (χ3v) is 1.99. The molecule has 1 aromatic rings. The number of anilines is 1. The molecule has 0 bridgehead atoms. The maximum atomic E-state index is 11.1. The standard InChI is InChI=1S/C12H16N2O3/c1-3-17-11(15)6-4-5-9-7-10(13)12(16-2)14-8-9/h4-5,7-8H,3,6,13H2,1-2H3. The Balaban J connectivity index is 2.60. The van der Waals surface area contributed by atoms with Crippen LogP contribution >= 0.6 is 0 Å². The van der Waals surface area contributed by atoms with Gasteiger partial charge in [0.15, 0.2) is 0 Å². The van der Waals surface area contributed by atoms with Gasteiger partial charge >= 0.3 is 5.97 Å². The number of hydrogen-bond donors (Lipinski definition) is 1. The molecule has 0 spiro atoms. The molecule has 0 atom stereocenters. The highest BCUT2D eigenvalue weighted by Gasteiger charge is 2.00. The molecule has 5 heteroatoms. The van der Waals surface area contributed by atoms with Crippen molar-refractivity contribution in [2.24, 2.45) is 0 Å². The average Bonchev–Trinajstić information content (AvgIpc) is 2.29. The van der Waals surface area contributed by atoms with Gasteiger partial charge in [-0.25, -0.2) is 4.98 Å². The molecule has 0 radical (unpaired) electrons. The van der Waals surface area contributed by atoms with E-state index in [9.17, 15) is 4.79 Å². The van der Waals surface area contributed by atoms with Gasteiger partial charge in [0, 0.05) is 6.20 Å². The van der Waals surface area contributed by atoms with Crippen LogP contribution in [0.3, 0.4) is 0 Å². The van der Waals surface area contributed by atoms with Crippen LogP contribution < -0.4 is 10.5 Å². The highest BCUT2D eigenvalue weighted by Crippen LogP contribution is 2.18. The van der Waals surface area contributed by atoms with E-state index in [0.717, 1.165) is 5.56 Å². The second-order valence-electron chi connectivity index (χ2n) is 3.28. The largest absolute Gasteiger partial charge is 0.480 e. The molecule has 1 heterocycles. The van der Waals surface area contributed by atoms with Crippen molar-refractivity contribution in [3.05, 3.63) is 23.9 Å². The zero-order valence-electron chi connectivity index (χ0n) is 9.97. The molecule has 0 aliphatic heterocycles. The van der Waals surface area contributed by atoms with Crippen LogP contribution in [0, 0.1) is 0 Å². The van der Waals surface area contributed by atoms with E-state index in [1.165, 1.54) is 7.11 Å². The minimum atomic E-state index is -0.252. The van der Waals surface area contributed by atoms with E-state index in [0.29, 0.717) is 18.2 Å². The van der Waals surface area contributed by atoms with Crippen molar-refractivity contribution in [2.45, 2.75) is 13.3 Å². The van der Waals surface area contributed by atoms with Gasteiger partial charge in [-0.05, 0) is 18.6 Å². The van der Waals surface area contributed by atoms with Crippen molar-refractivity contribution < 1.29 is 14.3 Å². The maximum absolute atomic E-state index is 11.1. The summed E-state index contributed by atoms with van der Waals surface area (Å²) in [5.74, 6) is 0.144. The van der Waals surface area contributed by atoms with E-state index in [2.05, 4.69) is 4.98 Å². The highest BCUT2D eigenvalue weighted by atomic mass is 16.5. The molecular weight excluding hydrogens is 220 g/mol. The van der Waals surface area contributed by atoms with Crippen molar-refractivity contribution in [3.8, 4) is 5.88 Å². The van der Waals surface area contributed by atoms with E-state index >= 15 is 0 Å². The first kappa shape index (κ1) is 13.0. The Morgan fingerprint density at radius 1 is 1.59 bits per heavy atom. The Bertz CT molecular complexity index is 416. The third kappa shape index (κ3) is 4.14. The molecule has 1 aromatic heterocycles. The van der Waals surface area contributed by atoms with Crippen LogP contribution in [0.15, 0.2) is 18.3 Å². The summed E-state index contributed by atoms with van der Waals surface area (Å²) in [5.41, 5.74) is 6.97. The van der Waals surface area contributed by atoms with E-state index in [-0.39, 0.29) is 12.4 Å². The topological polar surface area (TPSA) is 74.4 Å². The molecular formula is C12H16N2O3. The van der Waals surface area contributed by atoms with Gasteiger partial charge in [0.25, 0.3) is 0 Å². The highest BCUT2D eigenvalue weighted by molar-refractivity contribution is 5.72. The summed E-state index contributed by atoms with van der Waals surface area (Å²) in [6, 6.07) is 1.73. The maximum Gasteiger partial charge on any atom is 0.309 e. The van der Waals surface area contributed by atoms with Crippen molar-refractivity contribution >= 4 is 17.7 Å². The predicted molar refractivity (Wildman–Crippen MR) is 65.5 cm³/mol. The van der Waals surface area contributed by atoms with Crippen LogP contribution in [0.4, 0.5) is 5.69 Å². The number of nitrogens with zero attached hydrogens (tertiary/aromatic N) is 1. The molecule has 0 unspecified atom stereocenters. The summed E-state index contributed by atoms with van der Waals surface area (Å²) in [5, 5.41) is 0. The van der Waals surface area contributed by atoms with Crippen LogP contribution in [0.25, 0.3) is 6.08 Å². The van der Waals surface area contributed by atoms with Gasteiger partial charge < -0.3 is 15.2 Å². The normalized spacial score (nSPS) is 10.5. The molecule has 0 fully saturated rings. The fourth-order valence-electron chi connectivity index (χ4n) is 1.26. The average molecular weight is 236 g/mol. The smallest absolute Gasteiger partial charge is 0.309 e. The number of ether oxygens (including phenoxy) is 2. The van der Waals surface area contributed by atoms with Gasteiger partial charge in [-0.15, -0.1) is 0 Å². The summed E-state index contributed by atoms with van der Waals surface area (Å²) in [6.45, 7) is 2.17. The van der Waals surface area contributed by atoms with Gasteiger partial charge in [0.1, 0.15) is 0 Å². The lowest BCUT2D eigenvalue weighted by molar-refractivity contribution is -0.142. The number of pyridine rings is 1. The molecule has 0 aliphatic rings. The summed E-state index contributed by atoms with van der Waals surface area (Å²) < 4.78 is 9.73. The van der Waals surface area contributed by atoms with Crippen LogP contribution in [-0.2, 0) is 9.53 Å². The molecule has 0 aromatic carbocycles. The number of hydrogen-bond acceptors (Lipinski definition) is 5. The number of rotatable bonds is 5. The zero-order chi connectivity index (χ0) is 12.7. The van der Waals surface area contributed by atoms with Gasteiger partial charge in [-0.1, -0.05) is 12.2 Å². The molecule has 0 saturated heterocycles. The van der Waals surface area contributed by atoms with Gasteiger partial charge in [0.05, 0.1) is 25.8 Å². The first-order chi connectivity index (χ1) is 8.17. The Morgan fingerprint density at radius 3 is 2.94 bits per heavy atom. The summed E-state index contributed by atoms with van der Waals surface area (Å²) in [6.07, 6.45) is 5.33. The van der Waals surface area contributed by atoms with Crippen molar-refractivity contribution in [1.29, 1.82) is 0 Å². The second kappa shape index (κ2) is 6.52. The van der Waals surface area contributed by atoms with Gasteiger partial charge in [-0.2, -0.15) is 0 Å². The Labute approximate surface area is 100 Å². The van der Waals surface area contributed by atoms with E-state index in [1.54, 1.807) is 31.3 Å². The molecule has 0 aliphatic carbocycles. The monoisotopic (exact) mass is 236 g/mol.